The molecule has 0 aliphatic heterocycles. The summed E-state index contributed by atoms with van der Waals surface area (Å²) in [6.07, 6.45) is 2.08. The lowest BCUT2D eigenvalue weighted by atomic mass is 10.0. The fourth-order valence-electron chi connectivity index (χ4n) is 1.89. The third kappa shape index (κ3) is 3.08. The number of thioether (sulfide) groups is 1. The second-order valence-corrected chi connectivity index (χ2v) is 5.28. The molecule has 0 aromatic heterocycles. The molecule has 2 aromatic rings. The van der Waals surface area contributed by atoms with Crippen molar-refractivity contribution in [2.75, 3.05) is 13.4 Å². The highest BCUT2D eigenvalue weighted by molar-refractivity contribution is 7.98. The summed E-state index contributed by atoms with van der Waals surface area (Å²) in [5, 5.41) is 0.742. The topological polar surface area (TPSA) is 9.23 Å². The first-order valence-electron chi connectivity index (χ1n) is 5.66. The van der Waals surface area contributed by atoms with Crippen LogP contribution in [0.3, 0.4) is 0 Å². The predicted octanol–water partition coefficient (Wildman–Crippen LogP) is 4.88. The Hall–Kier alpha value is -0.960. The van der Waals surface area contributed by atoms with E-state index in [0.29, 0.717) is 6.61 Å². The van der Waals surface area contributed by atoms with E-state index in [1.165, 1.54) is 16.0 Å². The largest absolute Gasteiger partial charge is 0.380 e. The molecule has 0 saturated heterocycles. The number of hydrogen-bond acceptors (Lipinski definition) is 2. The van der Waals surface area contributed by atoms with E-state index in [4.69, 9.17) is 16.3 Å². The van der Waals surface area contributed by atoms with Crippen LogP contribution in [-0.2, 0) is 11.3 Å². The number of halogens is 1. The highest BCUT2D eigenvalue weighted by Crippen LogP contribution is 2.28. The van der Waals surface area contributed by atoms with Gasteiger partial charge < -0.3 is 4.74 Å². The van der Waals surface area contributed by atoms with Crippen molar-refractivity contribution in [3.05, 3.63) is 53.1 Å². The predicted molar refractivity (Wildman–Crippen MR) is 79.4 cm³/mol. The van der Waals surface area contributed by atoms with Gasteiger partial charge in [-0.25, -0.2) is 0 Å². The first kappa shape index (κ1) is 13.5. The summed E-state index contributed by atoms with van der Waals surface area (Å²) in [5.74, 6) is 0. The van der Waals surface area contributed by atoms with Gasteiger partial charge in [0, 0.05) is 17.0 Å². The molecule has 0 saturated carbocycles. The van der Waals surface area contributed by atoms with Gasteiger partial charge in [-0.1, -0.05) is 29.8 Å². The summed E-state index contributed by atoms with van der Waals surface area (Å²) in [6.45, 7) is 0.570. The van der Waals surface area contributed by atoms with E-state index in [1.54, 1.807) is 18.9 Å². The van der Waals surface area contributed by atoms with Crippen LogP contribution >= 0.6 is 23.4 Å². The first-order chi connectivity index (χ1) is 8.74. The normalized spacial score (nSPS) is 10.6. The number of rotatable bonds is 4. The summed E-state index contributed by atoms with van der Waals surface area (Å²) >= 11 is 7.77. The maximum Gasteiger partial charge on any atom is 0.0719 e. The van der Waals surface area contributed by atoms with Crippen LogP contribution in [0.4, 0.5) is 0 Å². The number of methoxy groups -OCH3 is 1. The fraction of sp³-hybridized carbons (Fsp3) is 0.200. The number of hydrogen-bond donors (Lipinski definition) is 0. The second kappa shape index (κ2) is 6.28. The van der Waals surface area contributed by atoms with Crippen LogP contribution in [-0.4, -0.2) is 13.4 Å². The average molecular weight is 279 g/mol. The SMILES string of the molecule is COCc1cc(Cl)ccc1-c1ccc(SC)cc1. The minimum Gasteiger partial charge on any atom is -0.380 e. The standard InChI is InChI=1S/C15H15ClOS/c1-17-10-12-9-13(16)5-8-15(12)11-3-6-14(18-2)7-4-11/h3-9H,10H2,1-2H3. The molecule has 0 aliphatic carbocycles. The van der Waals surface area contributed by atoms with Gasteiger partial charge >= 0.3 is 0 Å². The molecule has 0 amide bonds. The van der Waals surface area contributed by atoms with Gasteiger partial charge in [0.15, 0.2) is 0 Å². The Labute approximate surface area is 117 Å². The van der Waals surface area contributed by atoms with Crippen molar-refractivity contribution in [2.24, 2.45) is 0 Å². The summed E-state index contributed by atoms with van der Waals surface area (Å²) < 4.78 is 5.23. The summed E-state index contributed by atoms with van der Waals surface area (Å²) in [5.41, 5.74) is 3.48. The van der Waals surface area contributed by atoms with E-state index in [1.807, 2.05) is 18.2 Å². The maximum absolute atomic E-state index is 6.03. The van der Waals surface area contributed by atoms with Crippen LogP contribution in [0.15, 0.2) is 47.4 Å². The van der Waals surface area contributed by atoms with Crippen molar-refractivity contribution in [2.45, 2.75) is 11.5 Å². The van der Waals surface area contributed by atoms with E-state index in [9.17, 15) is 0 Å². The Morgan fingerprint density at radius 3 is 2.44 bits per heavy atom. The van der Waals surface area contributed by atoms with Crippen molar-refractivity contribution in [1.82, 2.24) is 0 Å². The minimum absolute atomic E-state index is 0.570. The van der Waals surface area contributed by atoms with Gasteiger partial charge in [0.05, 0.1) is 6.61 Å². The van der Waals surface area contributed by atoms with E-state index < -0.39 is 0 Å². The van der Waals surface area contributed by atoms with Crippen molar-refractivity contribution in [1.29, 1.82) is 0 Å². The lowest BCUT2D eigenvalue weighted by Crippen LogP contribution is -1.92. The monoisotopic (exact) mass is 278 g/mol. The zero-order valence-electron chi connectivity index (χ0n) is 10.4. The van der Waals surface area contributed by atoms with Crippen LogP contribution < -0.4 is 0 Å². The molecule has 0 atom stereocenters. The van der Waals surface area contributed by atoms with Crippen LogP contribution in [0.1, 0.15) is 5.56 Å². The molecular weight excluding hydrogens is 264 g/mol. The zero-order valence-corrected chi connectivity index (χ0v) is 12.0. The van der Waals surface area contributed by atoms with Crippen molar-refractivity contribution < 1.29 is 4.74 Å². The van der Waals surface area contributed by atoms with Gasteiger partial charge in [-0.2, -0.15) is 0 Å². The Kier molecular flexibility index (Phi) is 4.70. The quantitative estimate of drug-likeness (QED) is 0.738. The highest BCUT2D eigenvalue weighted by atomic mass is 35.5. The Balaban J connectivity index is 2.41. The molecule has 18 heavy (non-hydrogen) atoms. The van der Waals surface area contributed by atoms with Crippen LogP contribution in [0.2, 0.25) is 5.02 Å². The van der Waals surface area contributed by atoms with Crippen molar-refractivity contribution in [3.8, 4) is 11.1 Å². The molecule has 1 nitrogen and oxygen atoms in total. The molecule has 2 rings (SSSR count). The Morgan fingerprint density at radius 2 is 1.83 bits per heavy atom. The highest BCUT2D eigenvalue weighted by Gasteiger charge is 2.06. The van der Waals surface area contributed by atoms with Gasteiger partial charge in [-0.15, -0.1) is 11.8 Å². The maximum atomic E-state index is 6.03. The van der Waals surface area contributed by atoms with Crippen LogP contribution in [0.25, 0.3) is 11.1 Å². The molecule has 0 unspecified atom stereocenters. The number of ether oxygens (including phenoxy) is 1. The van der Waals surface area contributed by atoms with Gasteiger partial charge in [0.2, 0.25) is 0 Å². The Morgan fingerprint density at radius 1 is 1.11 bits per heavy atom. The number of benzene rings is 2. The van der Waals surface area contributed by atoms with E-state index in [-0.39, 0.29) is 0 Å². The zero-order chi connectivity index (χ0) is 13.0. The Bertz CT molecular complexity index is 523. The lowest BCUT2D eigenvalue weighted by molar-refractivity contribution is 0.185. The second-order valence-electron chi connectivity index (χ2n) is 3.96. The van der Waals surface area contributed by atoms with Crippen LogP contribution in [0.5, 0.6) is 0 Å². The summed E-state index contributed by atoms with van der Waals surface area (Å²) in [4.78, 5) is 1.26. The molecule has 0 spiro atoms. The van der Waals surface area contributed by atoms with Crippen LogP contribution in [0, 0.1) is 0 Å². The van der Waals surface area contributed by atoms with Gasteiger partial charge in [-0.05, 0) is 47.2 Å². The third-order valence-electron chi connectivity index (χ3n) is 2.77. The van der Waals surface area contributed by atoms with Gasteiger partial charge in [0.1, 0.15) is 0 Å². The fourth-order valence-corrected chi connectivity index (χ4v) is 2.49. The van der Waals surface area contributed by atoms with Gasteiger partial charge in [-0.3, -0.25) is 0 Å². The lowest BCUT2D eigenvalue weighted by Gasteiger charge is -2.10. The molecule has 0 heterocycles. The minimum atomic E-state index is 0.570. The first-order valence-corrected chi connectivity index (χ1v) is 7.26. The smallest absolute Gasteiger partial charge is 0.0719 e. The van der Waals surface area contributed by atoms with Crippen molar-refractivity contribution >= 4 is 23.4 Å². The molecule has 0 radical (unpaired) electrons. The summed E-state index contributed by atoms with van der Waals surface area (Å²) in [6, 6.07) is 14.4. The van der Waals surface area contributed by atoms with E-state index >= 15 is 0 Å². The molecule has 94 valence electrons. The van der Waals surface area contributed by atoms with Crippen molar-refractivity contribution in [3.63, 3.8) is 0 Å². The molecule has 2 aromatic carbocycles. The average Bonchev–Trinajstić information content (AvgIpc) is 2.40. The summed E-state index contributed by atoms with van der Waals surface area (Å²) in [7, 11) is 1.70. The van der Waals surface area contributed by atoms with Gasteiger partial charge in [0.25, 0.3) is 0 Å². The van der Waals surface area contributed by atoms with E-state index in [2.05, 4.69) is 30.5 Å². The molecule has 0 N–H and O–H groups in total. The van der Waals surface area contributed by atoms with E-state index in [0.717, 1.165) is 10.6 Å². The molecule has 0 aliphatic rings. The molecule has 3 heteroatoms. The third-order valence-corrected chi connectivity index (χ3v) is 3.75. The molecule has 0 bridgehead atoms. The molecule has 0 fully saturated rings. The molecular formula is C15H15ClOS.